The van der Waals surface area contributed by atoms with Crippen molar-refractivity contribution in [1.82, 2.24) is 5.32 Å². The molecule has 1 amide bonds. The van der Waals surface area contributed by atoms with Gasteiger partial charge in [0.25, 0.3) is 5.91 Å². The van der Waals surface area contributed by atoms with Crippen molar-refractivity contribution in [1.29, 1.82) is 0 Å². The van der Waals surface area contributed by atoms with E-state index in [1.54, 1.807) is 36.4 Å². The average Bonchev–Trinajstić information content (AvgIpc) is 2.60. The molecule has 0 spiro atoms. The molecule has 27 heavy (non-hydrogen) atoms. The molecule has 0 aromatic heterocycles. The van der Waals surface area contributed by atoms with Crippen LogP contribution in [0.4, 0.5) is 5.69 Å². The maximum Gasteiger partial charge on any atom is 0.257 e. The van der Waals surface area contributed by atoms with Gasteiger partial charge in [-0.2, -0.15) is 0 Å². The molecular weight excluding hydrogens is 471 g/mol. The lowest BCUT2D eigenvalue weighted by Gasteiger charge is -2.13. The fraction of sp³-hybridized carbons (Fsp3) is 0.263. The summed E-state index contributed by atoms with van der Waals surface area (Å²) >= 11 is 20.7. The minimum Gasteiger partial charge on any atom is -0.492 e. The van der Waals surface area contributed by atoms with Gasteiger partial charge in [0.05, 0.1) is 26.8 Å². The van der Waals surface area contributed by atoms with Crippen LogP contribution < -0.4 is 15.4 Å². The summed E-state index contributed by atoms with van der Waals surface area (Å²) in [6, 6.07) is 10.2. The molecule has 0 aliphatic heterocycles. The van der Waals surface area contributed by atoms with Crippen molar-refractivity contribution in [2.24, 2.45) is 5.92 Å². The van der Waals surface area contributed by atoms with Crippen molar-refractivity contribution >= 4 is 68.1 Å². The number of rotatable bonds is 6. The number of thiocarbonyl (C=S) groups is 1. The third kappa shape index (κ3) is 6.64. The van der Waals surface area contributed by atoms with Crippen LogP contribution in [0.15, 0.2) is 40.9 Å². The van der Waals surface area contributed by atoms with Crippen LogP contribution in [0.1, 0.15) is 30.6 Å². The summed E-state index contributed by atoms with van der Waals surface area (Å²) in [5.41, 5.74) is 0.962. The molecule has 8 heteroatoms. The van der Waals surface area contributed by atoms with Gasteiger partial charge in [-0.05, 0) is 70.8 Å². The monoisotopic (exact) mass is 488 g/mol. The highest BCUT2D eigenvalue weighted by atomic mass is 79.9. The van der Waals surface area contributed by atoms with Crippen LogP contribution in [-0.4, -0.2) is 17.6 Å². The lowest BCUT2D eigenvalue weighted by molar-refractivity contribution is 0.0977. The molecule has 4 nitrogen and oxygen atoms in total. The highest BCUT2D eigenvalue weighted by Crippen LogP contribution is 2.29. The zero-order chi connectivity index (χ0) is 20.0. The van der Waals surface area contributed by atoms with Crippen molar-refractivity contribution < 1.29 is 9.53 Å². The van der Waals surface area contributed by atoms with Crippen LogP contribution in [0.5, 0.6) is 5.75 Å². The van der Waals surface area contributed by atoms with Crippen LogP contribution in [0.2, 0.25) is 10.0 Å². The van der Waals surface area contributed by atoms with E-state index in [4.69, 9.17) is 40.2 Å². The summed E-state index contributed by atoms with van der Waals surface area (Å²) in [7, 11) is 0. The Kier molecular flexibility index (Phi) is 8.35. The van der Waals surface area contributed by atoms with Crippen LogP contribution in [0.25, 0.3) is 0 Å². The molecule has 0 fully saturated rings. The molecule has 0 atom stereocenters. The van der Waals surface area contributed by atoms with E-state index < -0.39 is 0 Å². The SMILES string of the molecule is CC(C)CCOc1ccc(C(=O)NC(=S)Nc2cccc(Cl)c2Cl)cc1Br. The average molecular weight is 490 g/mol. The van der Waals surface area contributed by atoms with E-state index in [2.05, 4.69) is 40.4 Å². The Hall–Kier alpha value is -1.34. The first-order chi connectivity index (χ1) is 12.8. The van der Waals surface area contributed by atoms with Gasteiger partial charge in [-0.15, -0.1) is 0 Å². The highest BCUT2D eigenvalue weighted by Gasteiger charge is 2.12. The van der Waals surface area contributed by atoms with Crippen molar-refractivity contribution in [3.8, 4) is 5.75 Å². The lowest BCUT2D eigenvalue weighted by Crippen LogP contribution is -2.34. The number of hydrogen-bond donors (Lipinski definition) is 2. The fourth-order valence-corrected chi connectivity index (χ4v) is 3.14. The molecular formula is C19H19BrCl2N2O2S. The number of nitrogens with one attached hydrogen (secondary N) is 2. The largest absolute Gasteiger partial charge is 0.492 e. The Balaban J connectivity index is 1.97. The van der Waals surface area contributed by atoms with Gasteiger partial charge in [0.15, 0.2) is 5.11 Å². The standard InChI is InChI=1S/C19H19BrCl2N2O2S/c1-11(2)8-9-26-16-7-6-12(10-13(16)20)18(25)24-19(27)23-15-5-3-4-14(21)17(15)22/h3-7,10-11H,8-9H2,1-2H3,(H2,23,24,25,27). The first-order valence-corrected chi connectivity index (χ1v) is 10.2. The van der Waals surface area contributed by atoms with E-state index in [-0.39, 0.29) is 11.0 Å². The number of carbonyl (C=O) groups excluding carboxylic acids is 1. The van der Waals surface area contributed by atoms with E-state index >= 15 is 0 Å². The van der Waals surface area contributed by atoms with E-state index in [1.807, 2.05) is 0 Å². The summed E-state index contributed by atoms with van der Waals surface area (Å²) in [5.74, 6) is 0.911. The van der Waals surface area contributed by atoms with E-state index in [0.717, 1.165) is 6.42 Å². The highest BCUT2D eigenvalue weighted by molar-refractivity contribution is 9.10. The van der Waals surface area contributed by atoms with Gasteiger partial charge in [-0.25, -0.2) is 0 Å². The second kappa shape index (κ2) is 10.3. The molecule has 0 saturated heterocycles. The van der Waals surface area contributed by atoms with Crippen LogP contribution in [0, 0.1) is 5.92 Å². The van der Waals surface area contributed by atoms with Crippen LogP contribution >= 0.6 is 51.3 Å². The molecule has 2 N–H and O–H groups in total. The summed E-state index contributed by atoms with van der Waals surface area (Å²) in [6.07, 6.45) is 0.959. The molecule has 0 bridgehead atoms. The minimum atomic E-state index is -0.347. The summed E-state index contributed by atoms with van der Waals surface area (Å²) in [5, 5.41) is 6.33. The first-order valence-electron chi connectivity index (χ1n) is 8.26. The Morgan fingerprint density at radius 1 is 1.26 bits per heavy atom. The van der Waals surface area contributed by atoms with Gasteiger partial charge in [0.1, 0.15) is 5.75 Å². The Bertz CT molecular complexity index is 846. The number of halogens is 3. The van der Waals surface area contributed by atoms with Gasteiger partial charge in [-0.1, -0.05) is 43.1 Å². The molecule has 0 unspecified atom stereocenters. The maximum absolute atomic E-state index is 12.4. The predicted molar refractivity (Wildman–Crippen MR) is 119 cm³/mol. The fourth-order valence-electron chi connectivity index (χ4n) is 2.09. The Morgan fingerprint density at radius 2 is 2.00 bits per heavy atom. The molecule has 0 aliphatic carbocycles. The molecule has 0 aliphatic rings. The summed E-state index contributed by atoms with van der Waals surface area (Å²) in [6.45, 7) is 4.90. The third-order valence-corrected chi connectivity index (χ3v) is 5.22. The number of amides is 1. The number of benzene rings is 2. The van der Waals surface area contributed by atoms with E-state index in [0.29, 0.717) is 44.0 Å². The van der Waals surface area contributed by atoms with Crippen LogP contribution in [-0.2, 0) is 0 Å². The number of ether oxygens (including phenoxy) is 1. The summed E-state index contributed by atoms with van der Waals surface area (Å²) in [4.78, 5) is 12.4. The summed E-state index contributed by atoms with van der Waals surface area (Å²) < 4.78 is 6.43. The third-order valence-electron chi connectivity index (χ3n) is 3.57. The second-order valence-electron chi connectivity index (χ2n) is 6.19. The van der Waals surface area contributed by atoms with Gasteiger partial charge in [-0.3, -0.25) is 10.1 Å². The molecule has 2 rings (SSSR count). The Labute approximate surface area is 182 Å². The predicted octanol–water partition coefficient (Wildman–Crippen LogP) is 6.31. The second-order valence-corrected chi connectivity index (χ2v) is 8.23. The van der Waals surface area contributed by atoms with Crippen molar-refractivity contribution in [2.75, 3.05) is 11.9 Å². The van der Waals surface area contributed by atoms with E-state index in [9.17, 15) is 4.79 Å². The van der Waals surface area contributed by atoms with Gasteiger partial charge in [0.2, 0.25) is 0 Å². The maximum atomic E-state index is 12.4. The number of anilines is 1. The molecule has 0 saturated carbocycles. The molecule has 0 radical (unpaired) electrons. The quantitative estimate of drug-likeness (QED) is 0.467. The molecule has 144 valence electrons. The number of hydrogen-bond acceptors (Lipinski definition) is 3. The smallest absolute Gasteiger partial charge is 0.257 e. The zero-order valence-electron chi connectivity index (χ0n) is 14.8. The minimum absolute atomic E-state index is 0.123. The molecule has 2 aromatic rings. The lowest BCUT2D eigenvalue weighted by atomic mass is 10.1. The normalized spacial score (nSPS) is 10.6. The topological polar surface area (TPSA) is 50.4 Å². The number of carbonyl (C=O) groups is 1. The van der Waals surface area contributed by atoms with Crippen LogP contribution in [0.3, 0.4) is 0 Å². The molecule has 2 aromatic carbocycles. The zero-order valence-corrected chi connectivity index (χ0v) is 18.7. The first kappa shape index (κ1) is 22.0. The van der Waals surface area contributed by atoms with Gasteiger partial charge >= 0.3 is 0 Å². The van der Waals surface area contributed by atoms with Gasteiger partial charge < -0.3 is 10.1 Å². The van der Waals surface area contributed by atoms with Crippen molar-refractivity contribution in [3.63, 3.8) is 0 Å². The van der Waals surface area contributed by atoms with E-state index in [1.165, 1.54) is 0 Å². The Morgan fingerprint density at radius 3 is 2.67 bits per heavy atom. The van der Waals surface area contributed by atoms with Gasteiger partial charge in [0, 0.05) is 5.56 Å². The molecule has 0 heterocycles. The van der Waals surface area contributed by atoms with Crippen molar-refractivity contribution in [3.05, 3.63) is 56.5 Å². The van der Waals surface area contributed by atoms with Crippen molar-refractivity contribution in [2.45, 2.75) is 20.3 Å².